The third-order valence-electron chi connectivity index (χ3n) is 3.30. The van der Waals surface area contributed by atoms with E-state index in [2.05, 4.69) is 52.9 Å². The fraction of sp³-hybridized carbons (Fsp3) is 0.538. The number of piperidine rings is 1. The predicted octanol–water partition coefficient (Wildman–Crippen LogP) is 3.99. The van der Waals surface area contributed by atoms with Gasteiger partial charge in [-0.1, -0.05) is 28.9 Å². The van der Waals surface area contributed by atoms with Crippen LogP contribution in [0.2, 0.25) is 0 Å². The van der Waals surface area contributed by atoms with Gasteiger partial charge in [-0.25, -0.2) is 0 Å². The molecule has 15 heavy (non-hydrogen) atoms. The molecule has 1 aliphatic rings. The lowest BCUT2D eigenvalue weighted by molar-refractivity contribution is 0.438. The number of anilines is 1. The molecule has 82 valence electrons. The van der Waals surface area contributed by atoms with Crippen molar-refractivity contribution in [1.29, 1.82) is 0 Å². The molecule has 1 nitrogen and oxygen atoms in total. The Morgan fingerprint density at radius 1 is 1.27 bits per heavy atom. The summed E-state index contributed by atoms with van der Waals surface area (Å²) in [4.78, 5) is 2.51. The highest BCUT2D eigenvalue weighted by Crippen LogP contribution is 2.28. The second-order valence-corrected chi connectivity index (χ2v) is 5.52. The zero-order valence-electron chi connectivity index (χ0n) is 9.46. The highest BCUT2D eigenvalue weighted by atomic mass is 79.9. The maximum Gasteiger partial charge on any atom is 0.0407 e. The first-order valence-corrected chi connectivity index (χ1v) is 6.47. The Labute approximate surface area is 101 Å². The fourth-order valence-corrected chi connectivity index (χ4v) is 2.52. The second-order valence-electron chi connectivity index (χ2n) is 4.60. The van der Waals surface area contributed by atoms with Gasteiger partial charge >= 0.3 is 0 Å². The van der Waals surface area contributed by atoms with Gasteiger partial charge in [0.15, 0.2) is 0 Å². The van der Waals surface area contributed by atoms with Crippen LogP contribution in [0, 0.1) is 12.8 Å². The number of hydrogen-bond donors (Lipinski definition) is 0. The van der Waals surface area contributed by atoms with E-state index in [4.69, 9.17) is 0 Å². The first-order valence-electron chi connectivity index (χ1n) is 5.68. The summed E-state index contributed by atoms with van der Waals surface area (Å²) in [6.07, 6.45) is 2.65. The maximum absolute atomic E-state index is 3.55. The van der Waals surface area contributed by atoms with E-state index in [-0.39, 0.29) is 0 Å². The van der Waals surface area contributed by atoms with E-state index < -0.39 is 0 Å². The summed E-state index contributed by atoms with van der Waals surface area (Å²) in [6.45, 7) is 6.96. The van der Waals surface area contributed by atoms with Crippen LogP contribution in [-0.2, 0) is 0 Å². The average molecular weight is 268 g/mol. The Morgan fingerprint density at radius 2 is 1.93 bits per heavy atom. The quantitative estimate of drug-likeness (QED) is 0.744. The first kappa shape index (κ1) is 11.0. The molecule has 1 heterocycles. The van der Waals surface area contributed by atoms with Gasteiger partial charge in [-0.2, -0.15) is 0 Å². The Kier molecular flexibility index (Phi) is 3.35. The summed E-state index contributed by atoms with van der Waals surface area (Å²) < 4.78 is 1.18. The van der Waals surface area contributed by atoms with Crippen LogP contribution >= 0.6 is 15.9 Å². The van der Waals surface area contributed by atoms with E-state index in [1.54, 1.807) is 0 Å². The second kappa shape index (κ2) is 4.56. The van der Waals surface area contributed by atoms with Crippen LogP contribution < -0.4 is 4.90 Å². The number of rotatable bonds is 1. The normalized spacial score (nSPS) is 18.2. The topological polar surface area (TPSA) is 3.24 Å². The Morgan fingerprint density at radius 3 is 2.60 bits per heavy atom. The summed E-state index contributed by atoms with van der Waals surface area (Å²) in [5.74, 6) is 0.897. The zero-order chi connectivity index (χ0) is 10.8. The highest BCUT2D eigenvalue weighted by Gasteiger charge is 2.17. The van der Waals surface area contributed by atoms with Crippen LogP contribution in [0.5, 0.6) is 0 Å². The Hall–Kier alpha value is -0.500. The van der Waals surface area contributed by atoms with Crippen LogP contribution in [0.25, 0.3) is 0 Å². The van der Waals surface area contributed by atoms with Crippen molar-refractivity contribution in [3.63, 3.8) is 0 Å². The lowest BCUT2D eigenvalue weighted by atomic mass is 9.98. The van der Waals surface area contributed by atoms with Gasteiger partial charge < -0.3 is 4.90 Å². The van der Waals surface area contributed by atoms with Crippen molar-refractivity contribution < 1.29 is 0 Å². The predicted molar refractivity (Wildman–Crippen MR) is 69.5 cm³/mol. The van der Waals surface area contributed by atoms with Crippen molar-refractivity contribution in [3.05, 3.63) is 28.2 Å². The molecule has 1 saturated heterocycles. The summed E-state index contributed by atoms with van der Waals surface area (Å²) in [7, 11) is 0. The van der Waals surface area contributed by atoms with Gasteiger partial charge in [-0.05, 0) is 43.4 Å². The van der Waals surface area contributed by atoms with Crippen molar-refractivity contribution in [2.24, 2.45) is 5.92 Å². The number of halogens is 1. The molecular formula is C13H18BrN. The Balaban J connectivity index is 2.18. The molecule has 0 unspecified atom stereocenters. The smallest absolute Gasteiger partial charge is 0.0407 e. The lowest BCUT2D eigenvalue weighted by Gasteiger charge is -2.33. The molecule has 1 fully saturated rings. The molecule has 0 aliphatic carbocycles. The minimum Gasteiger partial charge on any atom is -0.371 e. The number of hydrogen-bond acceptors (Lipinski definition) is 1. The van der Waals surface area contributed by atoms with E-state index in [1.165, 1.54) is 41.7 Å². The van der Waals surface area contributed by atoms with Crippen molar-refractivity contribution in [2.75, 3.05) is 18.0 Å². The molecule has 0 atom stereocenters. The zero-order valence-corrected chi connectivity index (χ0v) is 11.0. The van der Waals surface area contributed by atoms with E-state index in [9.17, 15) is 0 Å². The van der Waals surface area contributed by atoms with E-state index in [1.807, 2.05) is 0 Å². The largest absolute Gasteiger partial charge is 0.371 e. The van der Waals surface area contributed by atoms with Gasteiger partial charge in [0.05, 0.1) is 0 Å². The SMILES string of the molecule is Cc1ccc(Br)cc1N1CCC(C)CC1. The molecule has 0 N–H and O–H groups in total. The molecule has 1 aromatic rings. The molecule has 1 aliphatic heterocycles. The Bertz CT molecular complexity index is 340. The van der Waals surface area contributed by atoms with Crippen molar-refractivity contribution in [3.8, 4) is 0 Å². The molecule has 0 spiro atoms. The van der Waals surface area contributed by atoms with Crippen LogP contribution in [0.1, 0.15) is 25.3 Å². The molecule has 2 heteroatoms. The van der Waals surface area contributed by atoms with Crippen LogP contribution in [-0.4, -0.2) is 13.1 Å². The molecule has 2 rings (SSSR count). The molecule has 0 amide bonds. The molecule has 1 aromatic carbocycles. The van der Waals surface area contributed by atoms with Crippen molar-refractivity contribution >= 4 is 21.6 Å². The molecule has 0 radical (unpaired) electrons. The number of aryl methyl sites for hydroxylation is 1. The minimum absolute atomic E-state index is 0.897. The summed E-state index contributed by atoms with van der Waals surface area (Å²) in [6, 6.07) is 6.55. The average Bonchev–Trinajstić information content (AvgIpc) is 2.23. The van der Waals surface area contributed by atoms with Crippen LogP contribution in [0.4, 0.5) is 5.69 Å². The number of nitrogens with zero attached hydrogens (tertiary/aromatic N) is 1. The summed E-state index contributed by atoms with van der Waals surface area (Å²) in [5, 5.41) is 0. The third-order valence-corrected chi connectivity index (χ3v) is 3.79. The van der Waals surface area contributed by atoms with Crippen LogP contribution in [0.15, 0.2) is 22.7 Å². The van der Waals surface area contributed by atoms with E-state index in [0.717, 1.165) is 5.92 Å². The van der Waals surface area contributed by atoms with Gasteiger partial charge in [-0.15, -0.1) is 0 Å². The standard InChI is InChI=1S/C13H18BrN/c1-10-5-7-15(8-6-10)13-9-12(14)4-3-11(13)2/h3-4,9-10H,5-8H2,1-2H3. The van der Waals surface area contributed by atoms with Gasteiger partial charge in [-0.3, -0.25) is 0 Å². The third kappa shape index (κ3) is 2.54. The van der Waals surface area contributed by atoms with Crippen LogP contribution in [0.3, 0.4) is 0 Å². The van der Waals surface area contributed by atoms with E-state index >= 15 is 0 Å². The van der Waals surface area contributed by atoms with Gasteiger partial charge in [0, 0.05) is 23.2 Å². The van der Waals surface area contributed by atoms with Gasteiger partial charge in [0.1, 0.15) is 0 Å². The van der Waals surface area contributed by atoms with Crippen molar-refractivity contribution in [1.82, 2.24) is 0 Å². The van der Waals surface area contributed by atoms with Gasteiger partial charge in [0.2, 0.25) is 0 Å². The molecule has 0 saturated carbocycles. The monoisotopic (exact) mass is 267 g/mol. The highest BCUT2D eigenvalue weighted by molar-refractivity contribution is 9.10. The van der Waals surface area contributed by atoms with Crippen molar-refractivity contribution in [2.45, 2.75) is 26.7 Å². The minimum atomic E-state index is 0.897. The summed E-state index contributed by atoms with van der Waals surface area (Å²) in [5.41, 5.74) is 2.78. The molecular weight excluding hydrogens is 250 g/mol. The lowest BCUT2D eigenvalue weighted by Crippen LogP contribution is -2.33. The number of benzene rings is 1. The molecule has 0 aromatic heterocycles. The van der Waals surface area contributed by atoms with E-state index in [0.29, 0.717) is 0 Å². The molecule has 0 bridgehead atoms. The summed E-state index contributed by atoms with van der Waals surface area (Å²) >= 11 is 3.55. The van der Waals surface area contributed by atoms with Gasteiger partial charge in [0.25, 0.3) is 0 Å². The maximum atomic E-state index is 3.55. The first-order chi connectivity index (χ1) is 7.16. The fourth-order valence-electron chi connectivity index (χ4n) is 2.17.